The fourth-order valence-electron chi connectivity index (χ4n) is 7.84. The maximum absolute atomic E-state index is 6.33. The van der Waals surface area contributed by atoms with E-state index in [4.69, 9.17) is 14.4 Å². The van der Waals surface area contributed by atoms with Gasteiger partial charge >= 0.3 is 0 Å². The third-order valence-corrected chi connectivity index (χ3v) is 10.00. The van der Waals surface area contributed by atoms with E-state index in [1.807, 2.05) is 30.3 Å². The van der Waals surface area contributed by atoms with E-state index in [1.54, 1.807) is 0 Å². The summed E-state index contributed by atoms with van der Waals surface area (Å²) in [4.78, 5) is 10.5. The molecule has 3 aromatic heterocycles. The lowest BCUT2D eigenvalue weighted by Gasteiger charge is -2.24. The third-order valence-electron chi connectivity index (χ3n) is 10.00. The number of aromatic nitrogens is 3. The monoisotopic (exact) mass is 603 g/mol. The van der Waals surface area contributed by atoms with Crippen molar-refractivity contribution < 1.29 is 4.42 Å². The summed E-state index contributed by atoms with van der Waals surface area (Å²) >= 11 is 0. The molecule has 9 aromatic rings. The summed E-state index contributed by atoms with van der Waals surface area (Å²) in [5, 5.41) is 4.70. The van der Waals surface area contributed by atoms with Crippen LogP contribution in [0.4, 0.5) is 0 Å². The van der Waals surface area contributed by atoms with Crippen molar-refractivity contribution in [1.29, 1.82) is 0 Å². The van der Waals surface area contributed by atoms with Gasteiger partial charge in [-0.25, -0.2) is 9.97 Å². The van der Waals surface area contributed by atoms with Crippen LogP contribution in [0.2, 0.25) is 0 Å². The third kappa shape index (κ3) is 3.64. The summed E-state index contributed by atoms with van der Waals surface area (Å²) in [6.07, 6.45) is 0. The molecule has 0 atom stereocenters. The molecule has 0 fully saturated rings. The Morgan fingerprint density at radius 2 is 1.26 bits per heavy atom. The van der Waals surface area contributed by atoms with Crippen LogP contribution in [0, 0.1) is 0 Å². The van der Waals surface area contributed by atoms with Crippen molar-refractivity contribution in [1.82, 2.24) is 14.5 Å². The van der Waals surface area contributed by atoms with Gasteiger partial charge < -0.3 is 8.98 Å². The minimum absolute atomic E-state index is 0.240. The minimum atomic E-state index is -0.240. The quantitative estimate of drug-likeness (QED) is 0.202. The maximum atomic E-state index is 6.33. The molecular formula is C43H29N3O. The number of rotatable bonds is 3. The van der Waals surface area contributed by atoms with E-state index in [-0.39, 0.29) is 5.41 Å². The van der Waals surface area contributed by atoms with E-state index in [9.17, 15) is 0 Å². The normalized spacial score (nSPS) is 13.5. The summed E-state index contributed by atoms with van der Waals surface area (Å²) in [5.41, 5.74) is 12.7. The van der Waals surface area contributed by atoms with E-state index in [2.05, 4.69) is 128 Å². The number of hydrogen-bond donors (Lipinski definition) is 0. The molecule has 3 heterocycles. The molecule has 4 heteroatoms. The number of nitrogens with zero attached hydrogens (tertiary/aromatic N) is 3. The molecule has 6 aromatic carbocycles. The summed E-state index contributed by atoms with van der Waals surface area (Å²) in [6.45, 7) is 4.58. The fourth-order valence-corrected chi connectivity index (χ4v) is 7.84. The molecule has 0 unspecified atom stereocenters. The molecule has 47 heavy (non-hydrogen) atoms. The molecule has 0 radical (unpaired) electrons. The van der Waals surface area contributed by atoms with Crippen molar-refractivity contribution in [3.63, 3.8) is 0 Å². The molecular weight excluding hydrogens is 574 g/mol. The average Bonchev–Trinajstić information content (AvgIpc) is 3.74. The SMILES string of the molecule is CC1(C)c2ccccc2-c2nc(-c3ccccc3)nc(-c3ccc(-n4c5ccccc5c5ccc6oc7ccccc7c6c54)cc3)c21. The van der Waals surface area contributed by atoms with Crippen molar-refractivity contribution in [2.75, 3.05) is 0 Å². The Morgan fingerprint density at radius 1 is 0.553 bits per heavy atom. The molecule has 0 saturated carbocycles. The van der Waals surface area contributed by atoms with Gasteiger partial charge in [-0.1, -0.05) is 117 Å². The van der Waals surface area contributed by atoms with Crippen molar-refractivity contribution in [2.45, 2.75) is 19.3 Å². The van der Waals surface area contributed by atoms with Gasteiger partial charge in [0.1, 0.15) is 11.2 Å². The van der Waals surface area contributed by atoms with E-state index in [1.165, 1.54) is 33.0 Å². The summed E-state index contributed by atoms with van der Waals surface area (Å²) in [6, 6.07) is 49.1. The van der Waals surface area contributed by atoms with Gasteiger partial charge in [0.2, 0.25) is 0 Å². The van der Waals surface area contributed by atoms with Crippen LogP contribution in [0.5, 0.6) is 0 Å². The van der Waals surface area contributed by atoms with Gasteiger partial charge in [0.15, 0.2) is 5.82 Å². The second-order valence-electron chi connectivity index (χ2n) is 13.0. The number of hydrogen-bond acceptors (Lipinski definition) is 3. The van der Waals surface area contributed by atoms with Gasteiger partial charge in [0.25, 0.3) is 0 Å². The molecule has 1 aliphatic carbocycles. The maximum Gasteiger partial charge on any atom is 0.160 e. The zero-order valence-corrected chi connectivity index (χ0v) is 26.0. The zero-order valence-electron chi connectivity index (χ0n) is 26.0. The lowest BCUT2D eigenvalue weighted by Crippen LogP contribution is -2.17. The smallest absolute Gasteiger partial charge is 0.160 e. The molecule has 0 spiro atoms. The lowest BCUT2D eigenvalue weighted by atomic mass is 9.81. The molecule has 222 valence electrons. The molecule has 1 aliphatic rings. The number of furan rings is 1. The molecule has 0 saturated heterocycles. The van der Waals surface area contributed by atoms with Crippen molar-refractivity contribution in [3.05, 3.63) is 151 Å². The molecule has 10 rings (SSSR count). The first-order chi connectivity index (χ1) is 23.1. The summed E-state index contributed by atoms with van der Waals surface area (Å²) < 4.78 is 8.72. The van der Waals surface area contributed by atoms with Crippen LogP contribution in [0.1, 0.15) is 25.0 Å². The van der Waals surface area contributed by atoms with Gasteiger partial charge in [-0.3, -0.25) is 0 Å². The van der Waals surface area contributed by atoms with Crippen molar-refractivity contribution >= 4 is 43.7 Å². The van der Waals surface area contributed by atoms with Crippen molar-refractivity contribution in [2.24, 2.45) is 0 Å². The average molecular weight is 604 g/mol. The highest BCUT2D eigenvalue weighted by Gasteiger charge is 2.40. The van der Waals surface area contributed by atoms with Crippen LogP contribution in [-0.2, 0) is 5.41 Å². The Morgan fingerprint density at radius 3 is 2.11 bits per heavy atom. The van der Waals surface area contributed by atoms with Gasteiger partial charge in [-0.15, -0.1) is 0 Å². The Bertz CT molecular complexity index is 2700. The Kier molecular flexibility index (Phi) is 5.31. The minimum Gasteiger partial charge on any atom is -0.456 e. The Labute approximate surface area is 271 Å². The van der Waals surface area contributed by atoms with E-state index < -0.39 is 0 Å². The molecule has 0 amide bonds. The van der Waals surface area contributed by atoms with Crippen LogP contribution in [0.25, 0.3) is 83.3 Å². The van der Waals surface area contributed by atoms with Crippen LogP contribution in [0.3, 0.4) is 0 Å². The van der Waals surface area contributed by atoms with Crippen molar-refractivity contribution in [3.8, 4) is 39.6 Å². The largest absolute Gasteiger partial charge is 0.456 e. The van der Waals surface area contributed by atoms with Crippen LogP contribution >= 0.6 is 0 Å². The standard InChI is InChI=1S/C43H29N3O/c1-43(2)33-17-9-6-15-31(33)40-38(43)39(44-42(45-40)27-12-4-3-5-13-27)26-20-22-28(23-21-26)46-34-18-10-7-14-29(34)30-24-25-36-37(41(30)46)32-16-8-11-19-35(32)47-36/h3-25H,1-2H3. The van der Waals surface area contributed by atoms with Crippen LogP contribution in [-0.4, -0.2) is 14.5 Å². The van der Waals surface area contributed by atoms with E-state index in [0.29, 0.717) is 0 Å². The topological polar surface area (TPSA) is 43.9 Å². The molecule has 0 aliphatic heterocycles. The van der Waals surface area contributed by atoms with E-state index in [0.717, 1.165) is 61.5 Å². The summed E-state index contributed by atoms with van der Waals surface area (Å²) in [7, 11) is 0. The van der Waals surface area contributed by atoms with E-state index >= 15 is 0 Å². The predicted molar refractivity (Wildman–Crippen MR) is 192 cm³/mol. The number of benzene rings is 6. The first-order valence-electron chi connectivity index (χ1n) is 16.1. The highest BCUT2D eigenvalue weighted by atomic mass is 16.3. The van der Waals surface area contributed by atoms with Gasteiger partial charge in [0, 0.05) is 49.5 Å². The van der Waals surface area contributed by atoms with Gasteiger partial charge in [-0.05, 0) is 42.0 Å². The molecule has 0 bridgehead atoms. The van der Waals surface area contributed by atoms with Gasteiger partial charge in [0.05, 0.1) is 27.8 Å². The molecule has 0 N–H and O–H groups in total. The highest BCUT2D eigenvalue weighted by Crippen LogP contribution is 2.51. The van der Waals surface area contributed by atoms with Crippen LogP contribution < -0.4 is 0 Å². The summed E-state index contributed by atoms with van der Waals surface area (Å²) in [5.74, 6) is 0.743. The zero-order chi connectivity index (χ0) is 31.3. The fraction of sp³-hybridized carbons (Fsp3) is 0.0698. The lowest BCUT2D eigenvalue weighted by molar-refractivity contribution is 0.658. The first kappa shape index (κ1) is 26.2. The Balaban J connectivity index is 1.22. The second-order valence-corrected chi connectivity index (χ2v) is 13.0. The highest BCUT2D eigenvalue weighted by molar-refractivity contribution is 6.24. The predicted octanol–water partition coefficient (Wildman–Crippen LogP) is 11.1. The number of para-hydroxylation sites is 2. The first-order valence-corrected chi connectivity index (χ1v) is 16.1. The van der Waals surface area contributed by atoms with Crippen LogP contribution in [0.15, 0.2) is 144 Å². The number of fused-ring (bicyclic) bond motifs is 10. The molecule has 4 nitrogen and oxygen atoms in total. The second kappa shape index (κ2) is 9.51. The van der Waals surface area contributed by atoms with Gasteiger partial charge in [-0.2, -0.15) is 0 Å². The Hall–Kier alpha value is -6.00.